The molecule has 0 saturated carbocycles. The topological polar surface area (TPSA) is 150 Å². The summed E-state index contributed by atoms with van der Waals surface area (Å²) in [5.74, 6) is -0.236. The van der Waals surface area contributed by atoms with Crippen LogP contribution in [0.2, 0.25) is 0 Å². The van der Waals surface area contributed by atoms with Crippen LogP contribution in [0.5, 0.6) is 0 Å². The summed E-state index contributed by atoms with van der Waals surface area (Å²) in [5, 5.41) is 11.3. The van der Waals surface area contributed by atoms with E-state index in [0.29, 0.717) is 17.7 Å². The molecular formula is C21H24N4O7S2-2. The van der Waals surface area contributed by atoms with Crippen molar-refractivity contribution in [1.82, 2.24) is 9.80 Å². The van der Waals surface area contributed by atoms with E-state index < -0.39 is 33.5 Å². The number of amides is 1. The van der Waals surface area contributed by atoms with Crippen LogP contribution in [0, 0.1) is 10.1 Å². The number of hydrogen-bond acceptors (Lipinski definition) is 8. The van der Waals surface area contributed by atoms with Crippen LogP contribution in [0.25, 0.3) is 0 Å². The zero-order valence-electron chi connectivity index (χ0n) is 18.4. The Balaban J connectivity index is 1.79. The molecule has 3 unspecified atom stereocenters. The second kappa shape index (κ2) is 11.6. The normalized spacial score (nSPS) is 16.6. The van der Waals surface area contributed by atoms with Crippen molar-refractivity contribution < 1.29 is 27.2 Å². The Kier molecular flexibility index (Phi) is 8.85. The number of non-ortho nitro benzene ring substituents is 1. The van der Waals surface area contributed by atoms with Crippen molar-refractivity contribution in [3.05, 3.63) is 69.8 Å². The molecule has 2 aromatic carbocycles. The van der Waals surface area contributed by atoms with Gasteiger partial charge in [-0.15, -0.1) is 0 Å². The number of nitro benzene ring substituents is 1. The largest absolute Gasteiger partial charge is 0.754 e. The smallest absolute Gasteiger partial charge is 0.269 e. The van der Waals surface area contributed by atoms with Gasteiger partial charge in [-0.2, -0.15) is 0 Å². The van der Waals surface area contributed by atoms with Gasteiger partial charge < -0.3 is 18.9 Å². The summed E-state index contributed by atoms with van der Waals surface area (Å²) < 4.78 is 44.7. The van der Waals surface area contributed by atoms with Crippen molar-refractivity contribution >= 4 is 39.8 Å². The highest BCUT2D eigenvalue weighted by molar-refractivity contribution is 7.98. The number of anilines is 1. The Labute approximate surface area is 202 Å². The van der Waals surface area contributed by atoms with Gasteiger partial charge in [0.2, 0.25) is 5.91 Å². The van der Waals surface area contributed by atoms with Crippen molar-refractivity contribution in [3.63, 3.8) is 0 Å². The Morgan fingerprint density at radius 1 is 1.09 bits per heavy atom. The fourth-order valence-corrected chi connectivity index (χ4v) is 4.92. The van der Waals surface area contributed by atoms with Crippen LogP contribution in [-0.2, 0) is 33.7 Å². The summed E-state index contributed by atoms with van der Waals surface area (Å²) in [6, 6.07) is 11.4. The highest BCUT2D eigenvalue weighted by Crippen LogP contribution is 2.27. The maximum absolute atomic E-state index is 13.1. The van der Waals surface area contributed by atoms with Crippen molar-refractivity contribution in [2.75, 3.05) is 30.4 Å². The summed E-state index contributed by atoms with van der Waals surface area (Å²) >= 11 is -6.00. The number of hydrogen-bond donors (Lipinski definition) is 0. The van der Waals surface area contributed by atoms with Gasteiger partial charge in [0.15, 0.2) is 0 Å². The van der Waals surface area contributed by atoms with Gasteiger partial charge in [0.25, 0.3) is 5.69 Å². The lowest BCUT2D eigenvalue weighted by Gasteiger charge is -2.32. The Hall–Kier alpha value is -2.71. The minimum Gasteiger partial charge on any atom is -0.754 e. The van der Waals surface area contributed by atoms with E-state index in [1.807, 2.05) is 0 Å². The standard InChI is InChI=1S/C21H26N4O7S2/c1-22(21(26)13-16-7-9-18(10-8-16)25(33(29)30)34(31)32)20(15-23-11-2-3-12-23)17-5-4-6-19(14-17)24(27)28/h4-10,14,20H,2-3,11-13,15H2,1H3,(H,29,30)(H,31,32)/p-2. The molecule has 0 aliphatic carbocycles. The monoisotopic (exact) mass is 508 g/mol. The van der Waals surface area contributed by atoms with Crippen molar-refractivity contribution in [1.29, 1.82) is 0 Å². The second-order valence-corrected chi connectivity index (χ2v) is 9.74. The van der Waals surface area contributed by atoms with Gasteiger partial charge in [0.05, 0.1) is 45.6 Å². The van der Waals surface area contributed by atoms with E-state index in [-0.39, 0.29) is 27.4 Å². The molecular weight excluding hydrogens is 484 g/mol. The molecule has 2 aromatic rings. The second-order valence-electron chi connectivity index (χ2n) is 7.91. The van der Waals surface area contributed by atoms with Crippen LogP contribution in [0.15, 0.2) is 48.5 Å². The quantitative estimate of drug-likeness (QED) is 0.268. The number of likely N-dealkylation sites (N-methyl/N-ethyl adjacent to an activating group) is 1. The number of benzene rings is 2. The third-order valence-corrected chi connectivity index (χ3v) is 7.42. The summed E-state index contributed by atoms with van der Waals surface area (Å²) in [6.45, 7) is 2.34. The number of nitrogens with zero attached hydrogens (tertiary/aromatic N) is 4. The first-order valence-corrected chi connectivity index (χ1v) is 12.5. The SMILES string of the molecule is CN(C(=O)Cc1ccc(N(S(=O)[O-])S(=O)[O-])cc1)C(CN1CCCC1)c1cccc([N+](=O)[O-])c1. The van der Waals surface area contributed by atoms with Gasteiger partial charge in [-0.05, 0) is 49.2 Å². The zero-order valence-corrected chi connectivity index (χ0v) is 20.0. The molecule has 1 heterocycles. The summed E-state index contributed by atoms with van der Waals surface area (Å²) in [7, 11) is 1.65. The number of carbonyl (C=O) groups excluding carboxylic acids is 1. The van der Waals surface area contributed by atoms with Gasteiger partial charge in [0, 0.05) is 25.7 Å². The van der Waals surface area contributed by atoms with Crippen LogP contribution in [0.4, 0.5) is 11.4 Å². The van der Waals surface area contributed by atoms with E-state index >= 15 is 0 Å². The van der Waals surface area contributed by atoms with E-state index in [2.05, 4.69) is 4.90 Å². The molecule has 184 valence electrons. The molecule has 1 amide bonds. The molecule has 3 atom stereocenters. The maximum Gasteiger partial charge on any atom is 0.269 e. The molecule has 1 aliphatic rings. The van der Waals surface area contributed by atoms with E-state index in [1.54, 1.807) is 24.1 Å². The lowest BCUT2D eigenvalue weighted by molar-refractivity contribution is -0.385. The molecule has 0 bridgehead atoms. The van der Waals surface area contributed by atoms with Crippen molar-refractivity contribution in [3.8, 4) is 0 Å². The van der Waals surface area contributed by atoms with E-state index in [1.165, 1.54) is 36.4 Å². The molecule has 13 heteroatoms. The molecule has 0 N–H and O–H groups in total. The maximum atomic E-state index is 13.1. The predicted molar refractivity (Wildman–Crippen MR) is 125 cm³/mol. The lowest BCUT2D eigenvalue weighted by Crippen LogP contribution is -2.39. The highest BCUT2D eigenvalue weighted by atomic mass is 32.3. The molecule has 0 radical (unpaired) electrons. The van der Waals surface area contributed by atoms with Crippen LogP contribution < -0.4 is 3.71 Å². The third-order valence-electron chi connectivity index (χ3n) is 5.73. The summed E-state index contributed by atoms with van der Waals surface area (Å²) in [5.41, 5.74) is 1.11. The predicted octanol–water partition coefficient (Wildman–Crippen LogP) is 1.83. The number of rotatable bonds is 10. The fraction of sp³-hybridized carbons (Fsp3) is 0.381. The molecule has 1 saturated heterocycles. The first kappa shape index (κ1) is 25.9. The minimum atomic E-state index is -3.00. The number of carbonyl (C=O) groups is 1. The van der Waals surface area contributed by atoms with Crippen LogP contribution in [-0.4, -0.2) is 64.8 Å². The van der Waals surface area contributed by atoms with Crippen molar-refractivity contribution in [2.24, 2.45) is 0 Å². The van der Waals surface area contributed by atoms with E-state index in [9.17, 15) is 32.4 Å². The first-order chi connectivity index (χ1) is 16.2. The van der Waals surface area contributed by atoms with Gasteiger partial charge in [-0.1, -0.05) is 24.3 Å². The molecule has 0 spiro atoms. The average molecular weight is 509 g/mol. The molecule has 3 rings (SSSR count). The molecule has 11 nitrogen and oxygen atoms in total. The zero-order chi connectivity index (χ0) is 24.8. The van der Waals surface area contributed by atoms with Crippen LogP contribution >= 0.6 is 0 Å². The van der Waals surface area contributed by atoms with Gasteiger partial charge in [-0.25, -0.2) is 3.71 Å². The number of likely N-dealkylation sites (tertiary alicyclic amines) is 1. The first-order valence-electron chi connectivity index (χ1n) is 10.5. The van der Waals surface area contributed by atoms with Gasteiger partial charge >= 0.3 is 0 Å². The molecule has 0 aromatic heterocycles. The van der Waals surface area contributed by atoms with Gasteiger partial charge in [0.1, 0.15) is 0 Å². The minimum absolute atomic E-state index is 0.0108. The van der Waals surface area contributed by atoms with E-state index in [4.69, 9.17) is 0 Å². The average Bonchev–Trinajstić information content (AvgIpc) is 3.31. The Morgan fingerprint density at radius 2 is 1.71 bits per heavy atom. The lowest BCUT2D eigenvalue weighted by atomic mass is 10.0. The Bertz CT molecular complexity index is 1060. The van der Waals surface area contributed by atoms with E-state index in [0.717, 1.165) is 25.9 Å². The van der Waals surface area contributed by atoms with Crippen molar-refractivity contribution in [2.45, 2.75) is 25.3 Å². The Morgan fingerprint density at radius 3 is 2.26 bits per heavy atom. The summed E-state index contributed by atoms with van der Waals surface area (Å²) in [4.78, 5) is 27.7. The third kappa shape index (κ3) is 6.45. The summed E-state index contributed by atoms with van der Waals surface area (Å²) in [6.07, 6.45) is 2.11. The molecule has 1 fully saturated rings. The molecule has 1 aliphatic heterocycles. The fourth-order valence-electron chi connectivity index (χ4n) is 3.94. The van der Waals surface area contributed by atoms with Crippen LogP contribution in [0.3, 0.4) is 0 Å². The molecule has 34 heavy (non-hydrogen) atoms. The highest BCUT2D eigenvalue weighted by Gasteiger charge is 2.27. The van der Waals surface area contributed by atoms with Crippen LogP contribution in [0.1, 0.15) is 30.0 Å². The van der Waals surface area contributed by atoms with Gasteiger partial charge in [-0.3, -0.25) is 23.3 Å². The number of nitro groups is 1.